The number of benzene rings is 1. The zero-order valence-electron chi connectivity index (χ0n) is 9.08. The fourth-order valence-corrected chi connectivity index (χ4v) is 1.45. The van der Waals surface area contributed by atoms with Crippen LogP contribution in [-0.2, 0) is 6.42 Å². The number of hydrogen-bond acceptors (Lipinski definition) is 3. The summed E-state index contributed by atoms with van der Waals surface area (Å²) in [5.74, 6) is 0. The first-order chi connectivity index (χ1) is 7.36. The van der Waals surface area contributed by atoms with Gasteiger partial charge in [-0.1, -0.05) is 12.1 Å². The van der Waals surface area contributed by atoms with E-state index in [9.17, 15) is 0 Å². The van der Waals surface area contributed by atoms with Crippen LogP contribution in [0.1, 0.15) is 18.4 Å². The Morgan fingerprint density at radius 2 is 2.13 bits per heavy atom. The van der Waals surface area contributed by atoms with Gasteiger partial charge in [0.15, 0.2) is 0 Å². The standard InChI is InChI=1S/C12H20N2O/c13-7-3-8-14-12-6-1-4-11(10-12)5-2-9-15/h1,4,6,10,14-15H,2-3,5,7-9,13H2. The number of nitrogens with one attached hydrogen (secondary N) is 1. The van der Waals surface area contributed by atoms with E-state index in [1.54, 1.807) is 0 Å². The Bertz CT molecular complexity index is 276. The van der Waals surface area contributed by atoms with Crippen LogP contribution in [0.15, 0.2) is 24.3 Å². The predicted octanol–water partition coefficient (Wildman–Crippen LogP) is 1.37. The second kappa shape index (κ2) is 7.26. The molecule has 1 rings (SSSR count). The molecule has 0 aliphatic carbocycles. The van der Waals surface area contributed by atoms with Crippen molar-refractivity contribution in [3.05, 3.63) is 29.8 Å². The lowest BCUT2D eigenvalue weighted by molar-refractivity contribution is 0.288. The average molecular weight is 208 g/mol. The molecule has 0 saturated heterocycles. The molecule has 0 amide bonds. The molecule has 0 radical (unpaired) electrons. The molecule has 0 spiro atoms. The van der Waals surface area contributed by atoms with E-state index < -0.39 is 0 Å². The normalized spacial score (nSPS) is 10.3. The van der Waals surface area contributed by atoms with Gasteiger partial charge in [-0.25, -0.2) is 0 Å². The third-order valence-electron chi connectivity index (χ3n) is 2.26. The fourth-order valence-electron chi connectivity index (χ4n) is 1.45. The molecule has 0 aliphatic rings. The maximum absolute atomic E-state index is 8.74. The molecule has 0 aromatic heterocycles. The molecule has 0 fully saturated rings. The second-order valence-corrected chi connectivity index (χ2v) is 3.60. The fraction of sp³-hybridized carbons (Fsp3) is 0.500. The molecule has 0 aliphatic heterocycles. The molecule has 4 N–H and O–H groups in total. The molecule has 1 aromatic carbocycles. The van der Waals surface area contributed by atoms with Gasteiger partial charge >= 0.3 is 0 Å². The molecule has 1 aromatic rings. The van der Waals surface area contributed by atoms with Gasteiger partial charge in [0.1, 0.15) is 0 Å². The topological polar surface area (TPSA) is 58.3 Å². The highest BCUT2D eigenvalue weighted by molar-refractivity contribution is 5.45. The first-order valence-electron chi connectivity index (χ1n) is 5.50. The number of aliphatic hydroxyl groups is 1. The molecule has 15 heavy (non-hydrogen) atoms. The van der Waals surface area contributed by atoms with Gasteiger partial charge < -0.3 is 16.2 Å². The van der Waals surface area contributed by atoms with E-state index in [1.807, 2.05) is 6.07 Å². The molecule has 3 heteroatoms. The van der Waals surface area contributed by atoms with Crippen molar-refractivity contribution in [2.75, 3.05) is 25.0 Å². The molecule has 0 saturated carbocycles. The van der Waals surface area contributed by atoms with Crippen molar-refractivity contribution in [2.45, 2.75) is 19.3 Å². The minimum atomic E-state index is 0.255. The van der Waals surface area contributed by atoms with Crippen molar-refractivity contribution in [2.24, 2.45) is 5.73 Å². The Balaban J connectivity index is 2.42. The third-order valence-corrected chi connectivity index (χ3v) is 2.26. The van der Waals surface area contributed by atoms with Crippen LogP contribution in [-0.4, -0.2) is 24.8 Å². The zero-order chi connectivity index (χ0) is 10.9. The first-order valence-corrected chi connectivity index (χ1v) is 5.50. The highest BCUT2D eigenvalue weighted by Gasteiger charge is 1.95. The number of aliphatic hydroxyl groups excluding tert-OH is 1. The zero-order valence-corrected chi connectivity index (χ0v) is 9.08. The maximum Gasteiger partial charge on any atom is 0.0434 e. The lowest BCUT2D eigenvalue weighted by atomic mass is 10.1. The van der Waals surface area contributed by atoms with Crippen LogP contribution in [0.25, 0.3) is 0 Å². The van der Waals surface area contributed by atoms with E-state index in [-0.39, 0.29) is 6.61 Å². The van der Waals surface area contributed by atoms with Crippen molar-refractivity contribution < 1.29 is 5.11 Å². The van der Waals surface area contributed by atoms with E-state index in [1.165, 1.54) is 5.56 Å². The third kappa shape index (κ3) is 4.81. The van der Waals surface area contributed by atoms with Crippen LogP contribution >= 0.6 is 0 Å². The van der Waals surface area contributed by atoms with E-state index in [0.717, 1.165) is 38.0 Å². The molecular formula is C12H20N2O. The Morgan fingerprint density at radius 3 is 2.87 bits per heavy atom. The summed E-state index contributed by atoms with van der Waals surface area (Å²) in [5, 5.41) is 12.1. The Labute approximate surface area is 91.3 Å². The van der Waals surface area contributed by atoms with Gasteiger partial charge in [-0.05, 0) is 43.5 Å². The minimum absolute atomic E-state index is 0.255. The lowest BCUT2D eigenvalue weighted by Gasteiger charge is -2.07. The van der Waals surface area contributed by atoms with E-state index in [2.05, 4.69) is 23.5 Å². The largest absolute Gasteiger partial charge is 0.396 e. The van der Waals surface area contributed by atoms with Gasteiger partial charge in [0.05, 0.1) is 0 Å². The predicted molar refractivity (Wildman–Crippen MR) is 64.0 cm³/mol. The lowest BCUT2D eigenvalue weighted by Crippen LogP contribution is -2.08. The van der Waals surface area contributed by atoms with Crippen molar-refractivity contribution in [3.8, 4) is 0 Å². The monoisotopic (exact) mass is 208 g/mol. The summed E-state index contributed by atoms with van der Waals surface area (Å²) in [6, 6.07) is 8.31. The molecule has 0 bridgehead atoms. The number of rotatable bonds is 7. The quantitative estimate of drug-likeness (QED) is 0.593. The Kier molecular flexibility index (Phi) is 5.81. The SMILES string of the molecule is NCCCNc1cccc(CCCO)c1. The first kappa shape index (κ1) is 12.0. The van der Waals surface area contributed by atoms with Crippen molar-refractivity contribution in [3.63, 3.8) is 0 Å². The summed E-state index contributed by atoms with van der Waals surface area (Å²) < 4.78 is 0. The van der Waals surface area contributed by atoms with Gasteiger partial charge in [-0.3, -0.25) is 0 Å². The van der Waals surface area contributed by atoms with E-state index >= 15 is 0 Å². The summed E-state index contributed by atoms with van der Waals surface area (Å²) in [6.07, 6.45) is 2.75. The summed E-state index contributed by atoms with van der Waals surface area (Å²) in [4.78, 5) is 0. The molecular weight excluding hydrogens is 188 g/mol. The Morgan fingerprint density at radius 1 is 1.27 bits per heavy atom. The van der Waals surface area contributed by atoms with Crippen LogP contribution in [0, 0.1) is 0 Å². The van der Waals surface area contributed by atoms with Crippen molar-refractivity contribution in [1.82, 2.24) is 0 Å². The van der Waals surface area contributed by atoms with Gasteiger partial charge in [0.25, 0.3) is 0 Å². The smallest absolute Gasteiger partial charge is 0.0434 e. The van der Waals surface area contributed by atoms with Crippen LogP contribution in [0.4, 0.5) is 5.69 Å². The van der Waals surface area contributed by atoms with Gasteiger partial charge in [0.2, 0.25) is 0 Å². The highest BCUT2D eigenvalue weighted by Crippen LogP contribution is 2.11. The van der Waals surface area contributed by atoms with Crippen LogP contribution < -0.4 is 11.1 Å². The van der Waals surface area contributed by atoms with Gasteiger partial charge in [-0.15, -0.1) is 0 Å². The summed E-state index contributed by atoms with van der Waals surface area (Å²) in [5.41, 5.74) is 7.82. The van der Waals surface area contributed by atoms with Gasteiger partial charge in [0, 0.05) is 18.8 Å². The Hall–Kier alpha value is -1.06. The number of anilines is 1. The second-order valence-electron chi connectivity index (χ2n) is 3.60. The van der Waals surface area contributed by atoms with Crippen LogP contribution in [0.3, 0.4) is 0 Å². The molecule has 0 atom stereocenters. The number of hydrogen-bond donors (Lipinski definition) is 3. The van der Waals surface area contributed by atoms with Crippen LogP contribution in [0.2, 0.25) is 0 Å². The number of nitrogens with two attached hydrogens (primary N) is 1. The van der Waals surface area contributed by atoms with Crippen LogP contribution in [0.5, 0.6) is 0 Å². The molecule has 0 heterocycles. The van der Waals surface area contributed by atoms with Crippen molar-refractivity contribution in [1.29, 1.82) is 0 Å². The van der Waals surface area contributed by atoms with E-state index in [4.69, 9.17) is 10.8 Å². The summed E-state index contributed by atoms with van der Waals surface area (Å²) >= 11 is 0. The maximum atomic E-state index is 8.74. The summed E-state index contributed by atoms with van der Waals surface area (Å²) in [7, 11) is 0. The van der Waals surface area contributed by atoms with E-state index in [0.29, 0.717) is 0 Å². The summed E-state index contributed by atoms with van der Waals surface area (Å²) in [6.45, 7) is 1.89. The number of aryl methyl sites for hydroxylation is 1. The van der Waals surface area contributed by atoms with Crippen molar-refractivity contribution >= 4 is 5.69 Å². The van der Waals surface area contributed by atoms with Gasteiger partial charge in [-0.2, -0.15) is 0 Å². The average Bonchev–Trinajstić information content (AvgIpc) is 2.27. The molecule has 3 nitrogen and oxygen atoms in total. The molecule has 0 unspecified atom stereocenters. The molecule has 84 valence electrons. The minimum Gasteiger partial charge on any atom is -0.396 e. The highest BCUT2D eigenvalue weighted by atomic mass is 16.2.